The van der Waals surface area contributed by atoms with Crippen molar-refractivity contribution in [1.29, 1.82) is 0 Å². The van der Waals surface area contributed by atoms with Gasteiger partial charge in [-0.1, -0.05) is 18.2 Å². The molecule has 0 aromatic heterocycles. The van der Waals surface area contributed by atoms with Gasteiger partial charge in [0.25, 0.3) is 0 Å². The predicted molar refractivity (Wildman–Crippen MR) is 60.4 cm³/mol. The Morgan fingerprint density at radius 3 is 2.44 bits per heavy atom. The van der Waals surface area contributed by atoms with E-state index in [9.17, 15) is 17.6 Å². The summed E-state index contributed by atoms with van der Waals surface area (Å²) in [5.74, 6) is -0.867. The molecule has 0 saturated carbocycles. The second kappa shape index (κ2) is 5.10. The molecule has 0 unspecified atom stereocenters. The molecule has 1 nitrogen and oxygen atoms in total. The van der Waals surface area contributed by atoms with Crippen molar-refractivity contribution in [2.75, 3.05) is 0 Å². The molecule has 0 bridgehead atoms. The standard InChI is InChI=1S/C13H13F4N/c14-10-6-5-9(12(7-10)13(15,16)17)8-18-11-3-1-2-4-11/h1-2,5-7,11,18H,3-4,8H2. The summed E-state index contributed by atoms with van der Waals surface area (Å²) in [6.45, 7) is 0.0987. The average Bonchev–Trinajstić information content (AvgIpc) is 2.79. The molecule has 0 heterocycles. The van der Waals surface area contributed by atoms with E-state index in [1.165, 1.54) is 6.07 Å². The average molecular weight is 259 g/mol. The van der Waals surface area contributed by atoms with Crippen molar-refractivity contribution in [2.45, 2.75) is 31.6 Å². The quantitative estimate of drug-likeness (QED) is 0.645. The van der Waals surface area contributed by atoms with Crippen molar-refractivity contribution >= 4 is 0 Å². The van der Waals surface area contributed by atoms with Gasteiger partial charge in [0, 0.05) is 12.6 Å². The summed E-state index contributed by atoms with van der Waals surface area (Å²) < 4.78 is 51.1. The van der Waals surface area contributed by atoms with Crippen LogP contribution >= 0.6 is 0 Å². The molecule has 1 aromatic rings. The Labute approximate surface area is 103 Å². The summed E-state index contributed by atoms with van der Waals surface area (Å²) in [7, 11) is 0. The fraction of sp³-hybridized carbons (Fsp3) is 0.385. The molecule has 98 valence electrons. The van der Waals surface area contributed by atoms with Crippen molar-refractivity contribution in [3.8, 4) is 0 Å². The first-order valence-corrected chi connectivity index (χ1v) is 5.71. The first-order valence-electron chi connectivity index (χ1n) is 5.71. The van der Waals surface area contributed by atoms with Gasteiger partial charge in [0.1, 0.15) is 5.82 Å². The van der Waals surface area contributed by atoms with Crippen molar-refractivity contribution in [3.05, 3.63) is 47.3 Å². The molecule has 0 fully saturated rings. The maximum absolute atomic E-state index is 12.9. The Kier molecular flexibility index (Phi) is 3.71. The lowest BCUT2D eigenvalue weighted by atomic mass is 10.1. The highest BCUT2D eigenvalue weighted by molar-refractivity contribution is 5.30. The Morgan fingerprint density at radius 2 is 1.83 bits per heavy atom. The number of halogens is 4. The van der Waals surface area contributed by atoms with E-state index in [1.807, 2.05) is 12.2 Å². The minimum absolute atomic E-state index is 0.0794. The van der Waals surface area contributed by atoms with E-state index in [4.69, 9.17) is 0 Å². The lowest BCUT2D eigenvalue weighted by Crippen LogP contribution is -2.27. The summed E-state index contributed by atoms with van der Waals surface area (Å²) in [5, 5.41) is 3.04. The third kappa shape index (κ3) is 3.10. The van der Waals surface area contributed by atoms with Gasteiger partial charge in [-0.3, -0.25) is 0 Å². The molecule has 18 heavy (non-hydrogen) atoms. The van der Waals surface area contributed by atoms with Gasteiger partial charge in [-0.15, -0.1) is 0 Å². The van der Waals surface area contributed by atoms with Gasteiger partial charge in [0.05, 0.1) is 5.56 Å². The molecule has 5 heteroatoms. The Balaban J connectivity index is 2.11. The van der Waals surface area contributed by atoms with Crippen LogP contribution in [0.1, 0.15) is 24.0 Å². The van der Waals surface area contributed by atoms with Gasteiger partial charge in [-0.2, -0.15) is 13.2 Å². The molecule has 0 saturated heterocycles. The van der Waals surface area contributed by atoms with Gasteiger partial charge in [0.2, 0.25) is 0 Å². The minimum Gasteiger partial charge on any atom is -0.309 e. The Bertz CT molecular complexity index is 443. The molecule has 0 aliphatic heterocycles. The third-order valence-corrected chi connectivity index (χ3v) is 2.97. The Morgan fingerprint density at radius 1 is 1.17 bits per heavy atom. The molecule has 0 atom stereocenters. The zero-order valence-electron chi connectivity index (χ0n) is 9.60. The monoisotopic (exact) mass is 259 g/mol. The first-order chi connectivity index (χ1) is 8.47. The Hall–Kier alpha value is -1.36. The molecule has 2 rings (SSSR count). The molecule has 1 aliphatic carbocycles. The van der Waals surface area contributed by atoms with E-state index in [0.29, 0.717) is 6.07 Å². The first kappa shape index (κ1) is 13.1. The number of benzene rings is 1. The topological polar surface area (TPSA) is 12.0 Å². The number of nitrogens with one attached hydrogen (secondary N) is 1. The van der Waals surface area contributed by atoms with E-state index in [-0.39, 0.29) is 18.2 Å². The van der Waals surface area contributed by atoms with Gasteiger partial charge in [-0.05, 0) is 30.5 Å². The number of alkyl halides is 3. The SMILES string of the molecule is Fc1ccc(CNC2CC=CC2)c(C(F)(F)F)c1. The van der Waals surface area contributed by atoms with Gasteiger partial charge in [-0.25, -0.2) is 4.39 Å². The number of rotatable bonds is 3. The van der Waals surface area contributed by atoms with Crippen LogP contribution in [0.4, 0.5) is 17.6 Å². The van der Waals surface area contributed by atoms with E-state index in [2.05, 4.69) is 5.32 Å². The fourth-order valence-corrected chi connectivity index (χ4v) is 2.00. The molecule has 1 aliphatic rings. The van der Waals surface area contributed by atoms with Crippen LogP contribution < -0.4 is 5.32 Å². The van der Waals surface area contributed by atoms with Gasteiger partial charge in [0.15, 0.2) is 0 Å². The van der Waals surface area contributed by atoms with Crippen LogP contribution in [-0.2, 0) is 12.7 Å². The molecule has 1 N–H and O–H groups in total. The highest BCUT2D eigenvalue weighted by Crippen LogP contribution is 2.32. The van der Waals surface area contributed by atoms with Crippen LogP contribution in [0, 0.1) is 5.82 Å². The summed E-state index contributed by atoms with van der Waals surface area (Å²) >= 11 is 0. The van der Waals surface area contributed by atoms with Crippen molar-refractivity contribution in [2.24, 2.45) is 0 Å². The second-order valence-corrected chi connectivity index (χ2v) is 4.32. The summed E-state index contributed by atoms with van der Waals surface area (Å²) in [6.07, 6.45) is 1.11. The number of hydrogen-bond donors (Lipinski definition) is 1. The lowest BCUT2D eigenvalue weighted by Gasteiger charge is -2.16. The number of hydrogen-bond acceptors (Lipinski definition) is 1. The van der Waals surface area contributed by atoms with E-state index in [1.54, 1.807) is 0 Å². The largest absolute Gasteiger partial charge is 0.416 e. The molecule has 0 radical (unpaired) electrons. The smallest absolute Gasteiger partial charge is 0.309 e. The second-order valence-electron chi connectivity index (χ2n) is 4.32. The maximum atomic E-state index is 12.9. The molecule has 0 amide bonds. The van der Waals surface area contributed by atoms with Crippen LogP contribution in [0.5, 0.6) is 0 Å². The molecule has 1 aromatic carbocycles. The zero-order chi connectivity index (χ0) is 13.2. The normalized spacial score (nSPS) is 16.4. The minimum atomic E-state index is -4.52. The molecular formula is C13H13F4N. The van der Waals surface area contributed by atoms with Gasteiger partial charge >= 0.3 is 6.18 Å². The van der Waals surface area contributed by atoms with E-state index < -0.39 is 17.6 Å². The predicted octanol–water partition coefficient (Wildman–Crippen LogP) is 3.65. The third-order valence-electron chi connectivity index (χ3n) is 2.97. The molecular weight excluding hydrogens is 246 g/mol. The van der Waals surface area contributed by atoms with Crippen molar-refractivity contribution in [3.63, 3.8) is 0 Å². The van der Waals surface area contributed by atoms with Crippen LogP contribution in [-0.4, -0.2) is 6.04 Å². The van der Waals surface area contributed by atoms with Crippen LogP contribution in [0.15, 0.2) is 30.4 Å². The highest BCUT2D eigenvalue weighted by atomic mass is 19.4. The van der Waals surface area contributed by atoms with Crippen molar-refractivity contribution < 1.29 is 17.6 Å². The van der Waals surface area contributed by atoms with Crippen LogP contribution in [0.2, 0.25) is 0 Å². The van der Waals surface area contributed by atoms with E-state index in [0.717, 1.165) is 18.9 Å². The summed E-state index contributed by atoms with van der Waals surface area (Å²) in [4.78, 5) is 0. The highest BCUT2D eigenvalue weighted by Gasteiger charge is 2.33. The van der Waals surface area contributed by atoms with Crippen LogP contribution in [0.3, 0.4) is 0 Å². The fourth-order valence-electron chi connectivity index (χ4n) is 2.00. The molecule has 0 spiro atoms. The maximum Gasteiger partial charge on any atom is 0.416 e. The zero-order valence-corrected chi connectivity index (χ0v) is 9.60. The van der Waals surface area contributed by atoms with Crippen molar-refractivity contribution in [1.82, 2.24) is 5.32 Å². The summed E-state index contributed by atoms with van der Waals surface area (Å²) in [6, 6.07) is 2.97. The van der Waals surface area contributed by atoms with E-state index >= 15 is 0 Å². The van der Waals surface area contributed by atoms with Crippen LogP contribution in [0.25, 0.3) is 0 Å². The van der Waals surface area contributed by atoms with Gasteiger partial charge < -0.3 is 5.32 Å². The summed E-state index contributed by atoms with van der Waals surface area (Å²) in [5.41, 5.74) is -0.822. The lowest BCUT2D eigenvalue weighted by molar-refractivity contribution is -0.138.